The highest BCUT2D eigenvalue weighted by molar-refractivity contribution is 7.98. The van der Waals surface area contributed by atoms with Gasteiger partial charge in [-0.15, -0.1) is 11.8 Å². The van der Waals surface area contributed by atoms with Gasteiger partial charge in [0, 0.05) is 16.0 Å². The molecule has 3 heteroatoms. The lowest BCUT2D eigenvalue weighted by molar-refractivity contribution is 0.391. The standard InChI is InChI=1S/C11H17NOS/c1-11(2,12)10-8(13-3)6-5-7-9(10)14-4/h5-7H,12H2,1-4H3. The van der Waals surface area contributed by atoms with Gasteiger partial charge in [-0.25, -0.2) is 0 Å². The van der Waals surface area contributed by atoms with E-state index in [9.17, 15) is 0 Å². The zero-order valence-electron chi connectivity index (χ0n) is 9.13. The number of hydrogen-bond acceptors (Lipinski definition) is 3. The highest BCUT2D eigenvalue weighted by Gasteiger charge is 2.22. The molecule has 0 bridgehead atoms. The van der Waals surface area contributed by atoms with Crippen molar-refractivity contribution in [2.75, 3.05) is 13.4 Å². The average molecular weight is 211 g/mol. The fraction of sp³-hybridized carbons (Fsp3) is 0.455. The van der Waals surface area contributed by atoms with Crippen LogP contribution in [0.1, 0.15) is 19.4 Å². The maximum absolute atomic E-state index is 6.12. The fourth-order valence-electron chi connectivity index (χ4n) is 1.49. The molecule has 0 heterocycles. The van der Waals surface area contributed by atoms with Crippen LogP contribution in [0, 0.1) is 0 Å². The van der Waals surface area contributed by atoms with E-state index in [-0.39, 0.29) is 5.54 Å². The van der Waals surface area contributed by atoms with E-state index in [1.165, 1.54) is 4.90 Å². The minimum atomic E-state index is -0.370. The van der Waals surface area contributed by atoms with Gasteiger partial charge in [0.25, 0.3) is 0 Å². The van der Waals surface area contributed by atoms with Crippen molar-refractivity contribution < 1.29 is 4.74 Å². The Balaban J connectivity index is 3.34. The van der Waals surface area contributed by atoms with E-state index < -0.39 is 0 Å². The SMILES string of the molecule is COc1cccc(SC)c1C(C)(C)N. The Morgan fingerprint density at radius 2 is 2.00 bits per heavy atom. The van der Waals surface area contributed by atoms with Crippen LogP contribution in [0.5, 0.6) is 5.75 Å². The molecule has 1 aromatic carbocycles. The minimum absolute atomic E-state index is 0.370. The van der Waals surface area contributed by atoms with Gasteiger partial charge in [-0.2, -0.15) is 0 Å². The molecule has 2 nitrogen and oxygen atoms in total. The summed E-state index contributed by atoms with van der Waals surface area (Å²) in [5.74, 6) is 0.865. The summed E-state index contributed by atoms with van der Waals surface area (Å²) in [6.45, 7) is 3.98. The molecule has 0 aliphatic heterocycles. The molecule has 78 valence electrons. The quantitative estimate of drug-likeness (QED) is 0.781. The van der Waals surface area contributed by atoms with Gasteiger partial charge in [-0.05, 0) is 32.2 Å². The molecule has 1 rings (SSSR count). The first kappa shape index (κ1) is 11.4. The Hall–Kier alpha value is -0.670. The third kappa shape index (κ3) is 2.22. The van der Waals surface area contributed by atoms with Crippen LogP contribution in [0.25, 0.3) is 0 Å². The van der Waals surface area contributed by atoms with Crippen LogP contribution < -0.4 is 10.5 Å². The van der Waals surface area contributed by atoms with E-state index in [1.54, 1.807) is 18.9 Å². The molecule has 0 unspecified atom stereocenters. The van der Waals surface area contributed by atoms with Crippen molar-refractivity contribution in [3.8, 4) is 5.75 Å². The van der Waals surface area contributed by atoms with Gasteiger partial charge in [0.05, 0.1) is 7.11 Å². The summed E-state index contributed by atoms with van der Waals surface area (Å²) in [5, 5.41) is 0. The van der Waals surface area contributed by atoms with E-state index in [0.717, 1.165) is 11.3 Å². The van der Waals surface area contributed by atoms with E-state index in [1.807, 2.05) is 32.2 Å². The van der Waals surface area contributed by atoms with Crippen LogP contribution in [0.4, 0.5) is 0 Å². The molecule has 0 amide bonds. The largest absolute Gasteiger partial charge is 0.496 e. The summed E-state index contributed by atoms with van der Waals surface area (Å²) in [6, 6.07) is 6.00. The third-order valence-electron chi connectivity index (χ3n) is 2.07. The van der Waals surface area contributed by atoms with Gasteiger partial charge in [-0.3, -0.25) is 0 Å². The second kappa shape index (κ2) is 4.24. The second-order valence-electron chi connectivity index (χ2n) is 3.76. The normalized spacial score (nSPS) is 11.5. The molecule has 2 N–H and O–H groups in total. The number of methoxy groups -OCH3 is 1. The third-order valence-corrected chi connectivity index (χ3v) is 2.85. The fourth-order valence-corrected chi connectivity index (χ4v) is 2.27. The Morgan fingerprint density at radius 1 is 1.36 bits per heavy atom. The number of thioether (sulfide) groups is 1. The topological polar surface area (TPSA) is 35.2 Å². The van der Waals surface area contributed by atoms with Crippen LogP contribution in [0.2, 0.25) is 0 Å². The highest BCUT2D eigenvalue weighted by Crippen LogP contribution is 2.35. The van der Waals surface area contributed by atoms with Crippen molar-refractivity contribution in [3.05, 3.63) is 23.8 Å². The molecular weight excluding hydrogens is 194 g/mol. The summed E-state index contributed by atoms with van der Waals surface area (Å²) in [4.78, 5) is 1.18. The Morgan fingerprint density at radius 3 is 2.43 bits per heavy atom. The van der Waals surface area contributed by atoms with Crippen molar-refractivity contribution >= 4 is 11.8 Å². The number of nitrogens with two attached hydrogens (primary N) is 1. The number of benzene rings is 1. The lowest BCUT2D eigenvalue weighted by Crippen LogP contribution is -2.30. The second-order valence-corrected chi connectivity index (χ2v) is 4.61. The first-order valence-corrected chi connectivity index (χ1v) is 5.73. The predicted molar refractivity (Wildman–Crippen MR) is 62.0 cm³/mol. The number of rotatable bonds is 3. The molecule has 0 radical (unpaired) electrons. The summed E-state index contributed by atoms with van der Waals surface area (Å²) in [6.07, 6.45) is 2.05. The van der Waals surface area contributed by atoms with E-state index in [0.29, 0.717) is 0 Å². The molecule has 0 fully saturated rings. The van der Waals surface area contributed by atoms with Gasteiger partial charge in [0.1, 0.15) is 5.75 Å². The molecule has 0 spiro atoms. The zero-order chi connectivity index (χ0) is 10.8. The highest BCUT2D eigenvalue weighted by atomic mass is 32.2. The van der Waals surface area contributed by atoms with Crippen LogP contribution >= 0.6 is 11.8 Å². The van der Waals surface area contributed by atoms with Gasteiger partial charge < -0.3 is 10.5 Å². The van der Waals surface area contributed by atoms with Crippen LogP contribution in [0.15, 0.2) is 23.1 Å². The molecule has 0 saturated heterocycles. The van der Waals surface area contributed by atoms with Crippen molar-refractivity contribution in [1.82, 2.24) is 0 Å². The van der Waals surface area contributed by atoms with Gasteiger partial charge >= 0.3 is 0 Å². The van der Waals surface area contributed by atoms with E-state index >= 15 is 0 Å². The maximum atomic E-state index is 6.12. The predicted octanol–water partition coefficient (Wildman–Crippen LogP) is 2.61. The lowest BCUT2D eigenvalue weighted by atomic mass is 9.94. The molecular formula is C11H17NOS. The Kier molecular flexibility index (Phi) is 3.45. The summed E-state index contributed by atoms with van der Waals surface area (Å²) >= 11 is 1.69. The number of hydrogen-bond donors (Lipinski definition) is 1. The van der Waals surface area contributed by atoms with Crippen molar-refractivity contribution in [1.29, 1.82) is 0 Å². The summed E-state index contributed by atoms with van der Waals surface area (Å²) in [7, 11) is 1.68. The van der Waals surface area contributed by atoms with Crippen molar-refractivity contribution in [2.24, 2.45) is 5.73 Å². The number of ether oxygens (including phenoxy) is 1. The Labute approximate surface area is 89.8 Å². The molecule has 14 heavy (non-hydrogen) atoms. The van der Waals surface area contributed by atoms with E-state index in [4.69, 9.17) is 10.5 Å². The smallest absolute Gasteiger partial charge is 0.125 e. The van der Waals surface area contributed by atoms with Crippen molar-refractivity contribution in [3.63, 3.8) is 0 Å². The lowest BCUT2D eigenvalue weighted by Gasteiger charge is -2.24. The monoisotopic (exact) mass is 211 g/mol. The molecule has 0 aliphatic rings. The average Bonchev–Trinajstić information content (AvgIpc) is 2.15. The molecule has 0 saturated carbocycles. The van der Waals surface area contributed by atoms with E-state index in [2.05, 4.69) is 6.07 Å². The van der Waals surface area contributed by atoms with Crippen LogP contribution in [-0.2, 0) is 5.54 Å². The summed E-state index contributed by atoms with van der Waals surface area (Å²) in [5.41, 5.74) is 6.82. The maximum Gasteiger partial charge on any atom is 0.125 e. The Bertz CT molecular complexity index is 295. The first-order chi connectivity index (χ1) is 6.50. The molecule has 0 aromatic heterocycles. The van der Waals surface area contributed by atoms with Gasteiger partial charge in [0.15, 0.2) is 0 Å². The van der Waals surface area contributed by atoms with Crippen LogP contribution in [0.3, 0.4) is 0 Å². The first-order valence-electron chi connectivity index (χ1n) is 4.51. The van der Waals surface area contributed by atoms with Gasteiger partial charge in [-0.1, -0.05) is 6.07 Å². The van der Waals surface area contributed by atoms with Crippen molar-refractivity contribution in [2.45, 2.75) is 24.3 Å². The summed E-state index contributed by atoms with van der Waals surface area (Å²) < 4.78 is 5.32. The molecule has 1 aromatic rings. The zero-order valence-corrected chi connectivity index (χ0v) is 9.94. The molecule has 0 atom stereocenters. The van der Waals surface area contributed by atoms with Crippen LogP contribution in [-0.4, -0.2) is 13.4 Å². The minimum Gasteiger partial charge on any atom is -0.496 e. The van der Waals surface area contributed by atoms with Gasteiger partial charge in [0.2, 0.25) is 0 Å². The molecule has 0 aliphatic carbocycles.